The van der Waals surface area contributed by atoms with E-state index in [1.165, 1.54) is 25.7 Å². The summed E-state index contributed by atoms with van der Waals surface area (Å²) in [6.07, 6.45) is 4.79. The molecule has 1 saturated heterocycles. The van der Waals surface area contributed by atoms with Crippen molar-refractivity contribution in [3.63, 3.8) is 0 Å². The van der Waals surface area contributed by atoms with E-state index in [9.17, 15) is 13.6 Å². The van der Waals surface area contributed by atoms with E-state index in [1.807, 2.05) is 31.3 Å². The van der Waals surface area contributed by atoms with E-state index in [2.05, 4.69) is 24.8 Å². The van der Waals surface area contributed by atoms with Gasteiger partial charge in [-0.3, -0.25) is 4.79 Å². The Morgan fingerprint density at radius 2 is 1.95 bits per heavy atom. The molecule has 2 aromatic heterocycles. The lowest BCUT2D eigenvalue weighted by Crippen LogP contribution is -2.53. The van der Waals surface area contributed by atoms with Crippen molar-refractivity contribution in [3.05, 3.63) is 48.0 Å². The lowest BCUT2D eigenvalue weighted by atomic mass is 9.53. The molecule has 4 atom stereocenters. The average molecular weight is 503 g/mol. The number of ether oxygens (including phenoxy) is 1. The van der Waals surface area contributed by atoms with Gasteiger partial charge in [-0.1, -0.05) is 0 Å². The van der Waals surface area contributed by atoms with Crippen molar-refractivity contribution in [3.8, 4) is 17.3 Å². The standard InChI is InChI=1S/C29H28F2N4O2/c1-33-22-7-5-17(28(36)35-14-19-8-18-11-24(35)26(18)19)9-21(22)32-27(33)25-10-16-4-6-20(37-29(30)31)12-23(16)34(25)13-15-2-3-15/h4-7,9-10,12,15,18-19,24,26,29H,2-3,8,11,13-14H2,1H3/t18?,19-,24-,26-/m1/s1. The molecule has 4 fully saturated rings. The number of carbonyl (C=O) groups is 1. The predicted octanol–water partition coefficient (Wildman–Crippen LogP) is 5.69. The number of alkyl halides is 2. The third kappa shape index (κ3) is 3.20. The molecule has 4 aliphatic rings. The molecule has 1 amide bonds. The van der Waals surface area contributed by atoms with E-state index in [0.29, 0.717) is 23.4 Å². The fourth-order valence-corrected chi connectivity index (χ4v) is 7.28. The minimum absolute atomic E-state index is 0.126. The Labute approximate surface area is 212 Å². The molecule has 8 heteroatoms. The van der Waals surface area contributed by atoms with E-state index in [1.54, 1.807) is 12.1 Å². The number of fused-ring (bicyclic) bond motifs is 2. The molecule has 0 spiro atoms. The summed E-state index contributed by atoms with van der Waals surface area (Å²) in [4.78, 5) is 20.5. The predicted molar refractivity (Wildman–Crippen MR) is 136 cm³/mol. The van der Waals surface area contributed by atoms with E-state index >= 15 is 0 Å². The molecule has 6 nitrogen and oxygen atoms in total. The Morgan fingerprint density at radius 1 is 1.08 bits per heavy atom. The maximum absolute atomic E-state index is 13.4. The fraction of sp³-hybridized carbons (Fsp3) is 0.448. The maximum atomic E-state index is 13.4. The van der Waals surface area contributed by atoms with Crippen LogP contribution in [0.15, 0.2) is 42.5 Å². The first-order chi connectivity index (χ1) is 17.9. The molecule has 1 aliphatic heterocycles. The van der Waals surface area contributed by atoms with Gasteiger partial charge in [-0.25, -0.2) is 4.98 Å². The van der Waals surface area contributed by atoms with Crippen molar-refractivity contribution < 1.29 is 18.3 Å². The number of aromatic nitrogens is 3. The Morgan fingerprint density at radius 3 is 2.70 bits per heavy atom. The maximum Gasteiger partial charge on any atom is 0.387 e. The summed E-state index contributed by atoms with van der Waals surface area (Å²) in [5, 5.41) is 0.961. The van der Waals surface area contributed by atoms with Crippen LogP contribution in [0.25, 0.3) is 33.5 Å². The summed E-state index contributed by atoms with van der Waals surface area (Å²) < 4.78 is 34.7. The van der Waals surface area contributed by atoms with Crippen LogP contribution in [0, 0.1) is 23.7 Å². The van der Waals surface area contributed by atoms with Crippen molar-refractivity contribution >= 4 is 27.8 Å². The molecule has 3 heterocycles. The fourth-order valence-electron chi connectivity index (χ4n) is 7.28. The molecule has 3 aliphatic carbocycles. The molecule has 0 bridgehead atoms. The summed E-state index contributed by atoms with van der Waals surface area (Å²) >= 11 is 0. The zero-order chi connectivity index (χ0) is 25.0. The van der Waals surface area contributed by atoms with Crippen LogP contribution in [-0.4, -0.2) is 44.1 Å². The second-order valence-corrected chi connectivity index (χ2v) is 11.5. The lowest BCUT2D eigenvalue weighted by molar-refractivity contribution is -0.0497. The van der Waals surface area contributed by atoms with Crippen molar-refractivity contribution in [2.45, 2.75) is 44.9 Å². The van der Waals surface area contributed by atoms with Crippen LogP contribution in [0.1, 0.15) is 36.0 Å². The highest BCUT2D eigenvalue weighted by Gasteiger charge is 2.61. The van der Waals surface area contributed by atoms with Crippen LogP contribution >= 0.6 is 0 Å². The number of benzene rings is 2. The van der Waals surface area contributed by atoms with E-state index in [4.69, 9.17) is 4.98 Å². The van der Waals surface area contributed by atoms with Crippen LogP contribution in [0.4, 0.5) is 8.78 Å². The van der Waals surface area contributed by atoms with Gasteiger partial charge >= 0.3 is 6.61 Å². The quantitative estimate of drug-likeness (QED) is 0.341. The number of aryl methyl sites for hydroxylation is 1. The van der Waals surface area contributed by atoms with Gasteiger partial charge in [0.15, 0.2) is 5.82 Å². The molecular weight excluding hydrogens is 474 g/mol. The van der Waals surface area contributed by atoms with Gasteiger partial charge in [0.25, 0.3) is 5.91 Å². The minimum Gasteiger partial charge on any atom is -0.435 e. The number of amides is 1. The zero-order valence-corrected chi connectivity index (χ0v) is 20.6. The number of carbonyl (C=O) groups excluding carboxylic acids is 1. The second kappa shape index (κ2) is 7.55. The van der Waals surface area contributed by atoms with Crippen LogP contribution in [0.2, 0.25) is 0 Å². The third-order valence-corrected chi connectivity index (χ3v) is 9.37. The molecule has 4 aromatic rings. The van der Waals surface area contributed by atoms with Gasteiger partial charge in [-0.15, -0.1) is 0 Å². The zero-order valence-electron chi connectivity index (χ0n) is 20.6. The molecule has 3 saturated carbocycles. The molecule has 2 aromatic carbocycles. The van der Waals surface area contributed by atoms with Crippen molar-refractivity contribution in [2.24, 2.45) is 30.7 Å². The number of likely N-dealkylation sites (tertiary alicyclic amines) is 1. The Bertz CT molecular complexity index is 1590. The first-order valence-electron chi connectivity index (χ1n) is 13.3. The van der Waals surface area contributed by atoms with E-state index < -0.39 is 6.61 Å². The molecular formula is C29H28F2N4O2. The highest BCUT2D eigenvalue weighted by molar-refractivity contribution is 5.98. The molecule has 0 radical (unpaired) electrons. The van der Waals surface area contributed by atoms with Crippen molar-refractivity contribution in [1.82, 2.24) is 19.0 Å². The van der Waals surface area contributed by atoms with Gasteiger partial charge in [-0.05, 0) is 85.8 Å². The van der Waals surface area contributed by atoms with Gasteiger partial charge in [0.1, 0.15) is 5.75 Å². The monoisotopic (exact) mass is 502 g/mol. The van der Waals surface area contributed by atoms with Gasteiger partial charge in [0.2, 0.25) is 0 Å². The largest absolute Gasteiger partial charge is 0.435 e. The normalized spacial score (nSPS) is 26.0. The first-order valence-corrected chi connectivity index (χ1v) is 13.3. The van der Waals surface area contributed by atoms with Gasteiger partial charge in [0.05, 0.1) is 22.2 Å². The number of rotatable bonds is 6. The van der Waals surface area contributed by atoms with E-state index in [0.717, 1.165) is 58.4 Å². The molecule has 0 N–H and O–H groups in total. The Kier molecular flexibility index (Phi) is 4.42. The topological polar surface area (TPSA) is 52.3 Å². The highest BCUT2D eigenvalue weighted by atomic mass is 19.3. The van der Waals surface area contributed by atoms with Gasteiger partial charge in [-0.2, -0.15) is 8.78 Å². The summed E-state index contributed by atoms with van der Waals surface area (Å²) in [5.41, 5.74) is 4.27. The SMILES string of the molecule is Cn1c(-c2cc3ccc(OC(F)F)cc3n2CC2CC2)nc2cc(C(=O)N3C[C@H]4CC5C[C@@H]3[C@H]54)ccc21. The van der Waals surface area contributed by atoms with Crippen LogP contribution in [0.5, 0.6) is 5.75 Å². The molecule has 8 rings (SSSR count). The summed E-state index contributed by atoms with van der Waals surface area (Å²) in [6, 6.07) is 13.5. The van der Waals surface area contributed by atoms with Crippen LogP contribution in [0.3, 0.4) is 0 Å². The van der Waals surface area contributed by atoms with Crippen LogP contribution in [-0.2, 0) is 13.6 Å². The van der Waals surface area contributed by atoms with Gasteiger partial charge < -0.3 is 18.8 Å². The molecule has 1 unspecified atom stereocenters. The Balaban J connectivity index is 1.19. The van der Waals surface area contributed by atoms with E-state index in [-0.39, 0.29) is 11.7 Å². The van der Waals surface area contributed by atoms with Crippen molar-refractivity contribution in [2.75, 3.05) is 6.54 Å². The van der Waals surface area contributed by atoms with Crippen molar-refractivity contribution in [1.29, 1.82) is 0 Å². The summed E-state index contributed by atoms with van der Waals surface area (Å²) in [7, 11) is 1.99. The first kappa shape index (κ1) is 21.6. The Hall–Kier alpha value is -3.42. The second-order valence-electron chi connectivity index (χ2n) is 11.5. The highest BCUT2D eigenvalue weighted by Crippen LogP contribution is 2.60. The minimum atomic E-state index is -2.86. The number of halogens is 2. The number of hydrogen-bond acceptors (Lipinski definition) is 3. The number of imidazole rings is 1. The number of hydrogen-bond donors (Lipinski definition) is 0. The lowest BCUT2D eigenvalue weighted by Gasteiger charge is -2.52. The summed E-state index contributed by atoms with van der Waals surface area (Å²) in [6.45, 7) is -1.15. The molecule has 190 valence electrons. The smallest absolute Gasteiger partial charge is 0.387 e. The third-order valence-electron chi connectivity index (χ3n) is 9.37. The summed E-state index contributed by atoms with van der Waals surface area (Å²) in [5.74, 6) is 3.97. The molecule has 37 heavy (non-hydrogen) atoms. The van der Waals surface area contributed by atoms with Crippen LogP contribution < -0.4 is 4.74 Å². The van der Waals surface area contributed by atoms with Gasteiger partial charge in [0, 0.05) is 43.2 Å². The number of nitrogens with zero attached hydrogens (tertiary/aromatic N) is 4. The average Bonchev–Trinajstić information content (AvgIpc) is 3.53.